The zero-order chi connectivity index (χ0) is 11.1. The third-order valence-corrected chi connectivity index (χ3v) is 2.06. The molecule has 3 radical (unpaired) electrons. The molecule has 0 heterocycles. The van der Waals surface area contributed by atoms with E-state index in [0.29, 0.717) is 11.8 Å². The van der Waals surface area contributed by atoms with E-state index in [0.717, 1.165) is 0 Å². The van der Waals surface area contributed by atoms with Gasteiger partial charge >= 0.3 is 0 Å². The summed E-state index contributed by atoms with van der Waals surface area (Å²) in [5.41, 5.74) is 2.54. The van der Waals surface area contributed by atoms with Gasteiger partial charge in [-0.15, -0.1) is 0 Å². The maximum atomic E-state index is 3.95. The van der Waals surface area contributed by atoms with Crippen molar-refractivity contribution < 1.29 is 98.1 Å². The van der Waals surface area contributed by atoms with Gasteiger partial charge < -0.3 is 6.92 Å². The van der Waals surface area contributed by atoms with Gasteiger partial charge in [0.05, 0.1) is 0 Å². The van der Waals surface area contributed by atoms with Crippen LogP contribution in [0.3, 0.4) is 0 Å². The molecule has 1 rings (SSSR count). The van der Waals surface area contributed by atoms with Crippen molar-refractivity contribution in [3.63, 3.8) is 0 Å². The Labute approximate surface area is 184 Å². The molecular weight excluding hydrogens is 435 g/mol. The van der Waals surface area contributed by atoms with Crippen LogP contribution in [-0.2, 0) is 98.1 Å². The SMILES string of the molecule is CC.[CH2-]C(C)c1[c-]cc(C(C)C)cc1.[Y].[Y].[Y]. The topological polar surface area (TPSA) is 0 Å². The van der Waals surface area contributed by atoms with Gasteiger partial charge in [-0.05, 0) is 0 Å². The van der Waals surface area contributed by atoms with E-state index < -0.39 is 0 Å². The molecule has 0 bridgehead atoms. The van der Waals surface area contributed by atoms with Gasteiger partial charge in [0.1, 0.15) is 0 Å². The molecule has 0 fully saturated rings. The molecule has 0 saturated heterocycles. The second kappa shape index (κ2) is 16.6. The summed E-state index contributed by atoms with van der Waals surface area (Å²) in [6, 6.07) is 9.61. The second-order valence-electron chi connectivity index (χ2n) is 3.63. The zero-order valence-electron chi connectivity index (χ0n) is 11.8. The van der Waals surface area contributed by atoms with Crippen LogP contribution in [0.4, 0.5) is 0 Å². The van der Waals surface area contributed by atoms with Crippen LogP contribution in [0.1, 0.15) is 57.6 Å². The van der Waals surface area contributed by atoms with Gasteiger partial charge in [-0.2, -0.15) is 41.3 Å². The van der Waals surface area contributed by atoms with E-state index in [1.165, 1.54) is 11.1 Å². The van der Waals surface area contributed by atoms with Crippen molar-refractivity contribution in [1.29, 1.82) is 0 Å². The zero-order valence-corrected chi connectivity index (χ0v) is 20.3. The average molecular weight is 457 g/mol. The van der Waals surface area contributed by atoms with E-state index in [4.69, 9.17) is 0 Å². The molecule has 0 aromatic heterocycles. The molecule has 17 heavy (non-hydrogen) atoms. The van der Waals surface area contributed by atoms with Gasteiger partial charge in [-0.25, -0.2) is 0 Å². The van der Waals surface area contributed by atoms with Gasteiger partial charge in [-0.1, -0.05) is 40.5 Å². The van der Waals surface area contributed by atoms with Gasteiger partial charge in [0.15, 0.2) is 0 Å². The number of hydrogen-bond acceptors (Lipinski definition) is 0. The fraction of sp³-hybridized carbons (Fsp3) is 0.500. The molecule has 1 unspecified atom stereocenters. The third kappa shape index (κ3) is 12.0. The average Bonchev–Trinajstić information content (AvgIpc) is 2.21. The summed E-state index contributed by atoms with van der Waals surface area (Å²) in [7, 11) is 0. The molecule has 0 N–H and O–H groups in total. The van der Waals surface area contributed by atoms with E-state index >= 15 is 0 Å². The fourth-order valence-corrected chi connectivity index (χ4v) is 1.11. The summed E-state index contributed by atoms with van der Waals surface area (Å²) in [5.74, 6) is 0.932. The molecule has 1 atom stereocenters. The standard InChI is InChI=1S/C12H16.C2H6.3Y/c1-9(2)11-5-7-12(8-6-11)10(3)4;1-2;;;/h5,7-10H,1H2,2-4H3;1-2H3;;;/q-2;;;;. The Balaban J connectivity index is -0.000000160. The smallest absolute Gasteiger partial charge is 0 e. The summed E-state index contributed by atoms with van der Waals surface area (Å²) in [4.78, 5) is 0. The maximum absolute atomic E-state index is 3.95. The first kappa shape index (κ1) is 27.8. The molecule has 89 valence electrons. The van der Waals surface area contributed by atoms with Crippen LogP contribution in [0.2, 0.25) is 0 Å². The number of rotatable bonds is 2. The molecule has 0 aliphatic carbocycles. The molecule has 1 aromatic carbocycles. The Hall–Kier alpha value is 2.53. The summed E-state index contributed by atoms with van der Waals surface area (Å²) in [5, 5.41) is 0. The first-order valence-electron chi connectivity index (χ1n) is 5.46. The van der Waals surface area contributed by atoms with Gasteiger partial charge in [0.2, 0.25) is 0 Å². The van der Waals surface area contributed by atoms with Crippen LogP contribution in [0.15, 0.2) is 18.2 Å². The monoisotopic (exact) mass is 457 g/mol. The molecule has 3 heteroatoms. The fourth-order valence-electron chi connectivity index (χ4n) is 1.11. The normalized spacial score (nSPS) is 9.82. The molecule has 0 aliphatic rings. The minimum absolute atomic E-state index is 0. The number of benzene rings is 1. The van der Waals surface area contributed by atoms with Gasteiger partial charge in [0, 0.05) is 98.1 Å². The van der Waals surface area contributed by atoms with E-state index in [1.807, 2.05) is 13.8 Å². The first-order chi connectivity index (χ1) is 6.61. The van der Waals surface area contributed by atoms with Crippen LogP contribution < -0.4 is 0 Å². The Morgan fingerprint density at radius 1 is 1.00 bits per heavy atom. The molecule has 0 amide bonds. The Kier molecular flexibility index (Phi) is 27.1. The van der Waals surface area contributed by atoms with Crippen LogP contribution in [0.5, 0.6) is 0 Å². The largest absolute Gasteiger partial charge is 0.338 e. The molecular formula is C14H22Y3-2. The van der Waals surface area contributed by atoms with Crippen LogP contribution in [0, 0.1) is 13.0 Å². The molecule has 0 saturated carbocycles. The molecule has 0 nitrogen and oxygen atoms in total. The molecule has 0 spiro atoms. The van der Waals surface area contributed by atoms with E-state index in [2.05, 4.69) is 52.0 Å². The predicted molar refractivity (Wildman–Crippen MR) is 64.5 cm³/mol. The van der Waals surface area contributed by atoms with Crippen LogP contribution >= 0.6 is 0 Å². The summed E-state index contributed by atoms with van der Waals surface area (Å²) in [6.45, 7) is 14.4. The van der Waals surface area contributed by atoms with Gasteiger partial charge in [-0.3, -0.25) is 0 Å². The Morgan fingerprint density at radius 3 is 1.71 bits per heavy atom. The molecule has 0 aliphatic heterocycles. The van der Waals surface area contributed by atoms with Crippen molar-refractivity contribution in [3.05, 3.63) is 42.3 Å². The van der Waals surface area contributed by atoms with Crippen molar-refractivity contribution >= 4 is 0 Å². The van der Waals surface area contributed by atoms with Crippen molar-refractivity contribution in [1.82, 2.24) is 0 Å². The van der Waals surface area contributed by atoms with Crippen molar-refractivity contribution in [3.8, 4) is 0 Å². The van der Waals surface area contributed by atoms with E-state index in [-0.39, 0.29) is 98.1 Å². The minimum Gasteiger partial charge on any atom is -0.338 e. The van der Waals surface area contributed by atoms with E-state index in [9.17, 15) is 0 Å². The second-order valence-corrected chi connectivity index (χ2v) is 3.63. The summed E-state index contributed by atoms with van der Waals surface area (Å²) in [6.07, 6.45) is 0. The summed E-state index contributed by atoms with van der Waals surface area (Å²) < 4.78 is 0. The third-order valence-electron chi connectivity index (χ3n) is 2.06. The number of hydrogen-bond donors (Lipinski definition) is 0. The van der Waals surface area contributed by atoms with Crippen LogP contribution in [0.25, 0.3) is 0 Å². The predicted octanol–water partition coefficient (Wildman–Crippen LogP) is 4.57. The van der Waals surface area contributed by atoms with Crippen molar-refractivity contribution in [2.75, 3.05) is 0 Å². The quantitative estimate of drug-likeness (QED) is 0.572. The Morgan fingerprint density at radius 2 is 1.47 bits per heavy atom. The van der Waals surface area contributed by atoms with E-state index in [1.54, 1.807) is 0 Å². The Bertz CT molecular complexity index is 213. The van der Waals surface area contributed by atoms with Crippen molar-refractivity contribution in [2.45, 2.75) is 46.5 Å². The van der Waals surface area contributed by atoms with Gasteiger partial charge in [0.25, 0.3) is 0 Å². The van der Waals surface area contributed by atoms with Crippen molar-refractivity contribution in [2.24, 2.45) is 0 Å². The molecule has 1 aromatic rings. The van der Waals surface area contributed by atoms with Crippen LogP contribution in [-0.4, -0.2) is 0 Å². The first-order valence-corrected chi connectivity index (χ1v) is 5.46. The summed E-state index contributed by atoms with van der Waals surface area (Å²) >= 11 is 0. The maximum Gasteiger partial charge on any atom is 0 e. The minimum atomic E-state index is 0.